The van der Waals surface area contributed by atoms with Crippen LogP contribution in [-0.2, 0) is 33.2 Å². The number of amides is 1. The summed E-state index contributed by atoms with van der Waals surface area (Å²) < 4.78 is 33.1. The Labute approximate surface area is 228 Å². The molecule has 1 amide bonds. The molecular weight excluding hydrogens is 546 g/mol. The van der Waals surface area contributed by atoms with E-state index >= 15 is 0 Å². The maximum absolute atomic E-state index is 12.1. The second kappa shape index (κ2) is 14.6. The lowest BCUT2D eigenvalue weighted by molar-refractivity contribution is -0.365. The molecule has 0 aromatic rings. The molecule has 0 aromatic heterocycles. The summed E-state index contributed by atoms with van der Waals surface area (Å²) in [6, 6.07) is -1.47. The molecule has 3 aliphatic heterocycles. The van der Waals surface area contributed by atoms with Crippen LogP contribution in [0.25, 0.3) is 0 Å². The van der Waals surface area contributed by atoms with Crippen LogP contribution < -0.4 is 5.32 Å². The molecule has 40 heavy (non-hydrogen) atoms. The van der Waals surface area contributed by atoms with Gasteiger partial charge in [-0.3, -0.25) is 4.79 Å². The minimum atomic E-state index is -1.88. The molecule has 15 atom stereocenters. The van der Waals surface area contributed by atoms with Gasteiger partial charge in [-0.25, -0.2) is 0 Å². The van der Waals surface area contributed by atoms with Gasteiger partial charge in [0.15, 0.2) is 18.9 Å². The average molecular weight is 584 g/mol. The number of ether oxygens (including phenoxy) is 6. The van der Waals surface area contributed by atoms with Gasteiger partial charge in [0.25, 0.3) is 0 Å². The van der Waals surface area contributed by atoms with Gasteiger partial charge in [0, 0.05) is 6.92 Å². The number of hydrogen-bond donors (Lipinski definition) is 10. The fourth-order valence-electron chi connectivity index (χ4n) is 4.71. The minimum Gasteiger partial charge on any atom is -0.394 e. The molecule has 10 N–H and O–H groups in total. The summed E-state index contributed by atoms with van der Waals surface area (Å²) in [6.45, 7) is -1.49. The van der Waals surface area contributed by atoms with Gasteiger partial charge in [-0.2, -0.15) is 0 Å². The summed E-state index contributed by atoms with van der Waals surface area (Å²) in [6.07, 6.45) is -17.5. The third kappa shape index (κ3) is 7.07. The van der Waals surface area contributed by atoms with Crippen LogP contribution in [0.1, 0.15) is 6.92 Å². The first-order chi connectivity index (χ1) is 19.0. The lowest BCUT2D eigenvalue weighted by Crippen LogP contribution is -2.69. The first-order valence-electron chi connectivity index (χ1n) is 12.5. The van der Waals surface area contributed by atoms with E-state index in [1.165, 1.54) is 0 Å². The molecule has 3 saturated heterocycles. The zero-order valence-corrected chi connectivity index (χ0v) is 21.4. The molecule has 3 rings (SSSR count). The highest BCUT2D eigenvalue weighted by molar-refractivity contribution is 5.73. The third-order valence-corrected chi connectivity index (χ3v) is 6.81. The zero-order chi connectivity index (χ0) is 29.7. The Hall–Kier alpha value is -1.57. The van der Waals surface area contributed by atoms with Crippen LogP contribution in [0.5, 0.6) is 0 Å². The fraction of sp³-hybridized carbons (Fsp3) is 0.870. The Morgan fingerprint density at radius 3 is 1.77 bits per heavy atom. The second-order valence-corrected chi connectivity index (χ2v) is 9.56. The van der Waals surface area contributed by atoms with Crippen molar-refractivity contribution in [2.24, 2.45) is 0 Å². The molecule has 0 radical (unpaired) electrons. The topological polar surface area (TPSA) is 267 Å². The van der Waals surface area contributed by atoms with Crippen molar-refractivity contribution in [3.63, 3.8) is 0 Å². The van der Waals surface area contributed by atoms with E-state index in [9.17, 15) is 50.8 Å². The standard InChI is InChI=1S/C23H37NO16/c1-3-4-35-22-18(34)20(15(31)11(7-27)37-22)40-21-12(24-8(2)28)19(14(30)10(6-26)36-21)39-23-17(33)16(32)13(29)9(5-25)38-23/h1,9-23,25-27,29-34H,4-7H2,2H3,(H,24,28)/t9-,10-,11-,12-,13+,14+,15+,16+,17-,18-,19-,20+,21+,22-,23+/m1/s1. The van der Waals surface area contributed by atoms with E-state index in [1.54, 1.807) is 0 Å². The highest BCUT2D eigenvalue weighted by Gasteiger charge is 2.54. The van der Waals surface area contributed by atoms with Crippen LogP contribution in [-0.4, -0.2) is 170 Å². The summed E-state index contributed by atoms with van der Waals surface area (Å²) >= 11 is 0. The molecule has 17 heteroatoms. The number of nitrogens with one attached hydrogen (secondary N) is 1. The summed E-state index contributed by atoms with van der Waals surface area (Å²) in [5.74, 6) is 1.49. The first-order valence-corrected chi connectivity index (χ1v) is 12.5. The van der Waals surface area contributed by atoms with Gasteiger partial charge in [0.05, 0.1) is 19.8 Å². The zero-order valence-electron chi connectivity index (χ0n) is 21.4. The molecule has 0 unspecified atom stereocenters. The van der Waals surface area contributed by atoms with Crippen molar-refractivity contribution in [2.75, 3.05) is 26.4 Å². The predicted octanol–water partition coefficient (Wildman–Crippen LogP) is -6.77. The lowest BCUT2D eigenvalue weighted by atomic mass is 9.94. The van der Waals surface area contributed by atoms with E-state index in [4.69, 9.17) is 34.8 Å². The van der Waals surface area contributed by atoms with E-state index in [-0.39, 0.29) is 6.61 Å². The molecule has 0 aromatic carbocycles. The van der Waals surface area contributed by atoms with Crippen LogP contribution >= 0.6 is 0 Å². The second-order valence-electron chi connectivity index (χ2n) is 9.56. The van der Waals surface area contributed by atoms with E-state index < -0.39 is 118 Å². The van der Waals surface area contributed by atoms with E-state index in [0.717, 1.165) is 6.92 Å². The van der Waals surface area contributed by atoms with Gasteiger partial charge < -0.3 is 79.7 Å². The van der Waals surface area contributed by atoms with Crippen molar-refractivity contribution in [3.8, 4) is 12.3 Å². The van der Waals surface area contributed by atoms with E-state index in [2.05, 4.69) is 11.2 Å². The maximum atomic E-state index is 12.1. The number of carbonyl (C=O) groups is 1. The minimum absolute atomic E-state index is 0.301. The summed E-state index contributed by atoms with van der Waals surface area (Å²) in [7, 11) is 0. The van der Waals surface area contributed by atoms with Gasteiger partial charge in [0.2, 0.25) is 5.91 Å². The van der Waals surface area contributed by atoms with Crippen LogP contribution in [0.2, 0.25) is 0 Å². The quantitative estimate of drug-likeness (QED) is 0.107. The predicted molar refractivity (Wildman–Crippen MR) is 125 cm³/mol. The number of carbonyl (C=O) groups excluding carboxylic acids is 1. The summed E-state index contributed by atoms with van der Waals surface area (Å²) in [5.41, 5.74) is 0. The van der Waals surface area contributed by atoms with Crippen molar-refractivity contribution in [3.05, 3.63) is 0 Å². The van der Waals surface area contributed by atoms with Crippen molar-refractivity contribution >= 4 is 5.91 Å². The molecule has 0 bridgehead atoms. The van der Waals surface area contributed by atoms with Gasteiger partial charge >= 0.3 is 0 Å². The number of terminal acetylenes is 1. The smallest absolute Gasteiger partial charge is 0.217 e. The average Bonchev–Trinajstić information content (AvgIpc) is 2.93. The normalized spacial score (nSPS) is 46.0. The molecule has 3 heterocycles. The van der Waals surface area contributed by atoms with Gasteiger partial charge in [-0.15, -0.1) is 6.42 Å². The SMILES string of the molecule is C#CCO[C@@H]1O[C@H](CO)[C@H](O)[C@H](O[C@@H]2O[C@H](CO)[C@H](O)[C@H](O[C@@H]3O[C@H](CO)[C@H](O)[C@H](O)[C@H]3O)[C@H]2NC(C)=O)[C@H]1O. The number of aliphatic hydroxyl groups excluding tert-OH is 9. The Balaban J connectivity index is 1.91. The molecule has 230 valence electrons. The molecular formula is C23H37NO16. The summed E-state index contributed by atoms with van der Waals surface area (Å²) in [5, 5.41) is 94.4. The van der Waals surface area contributed by atoms with Crippen molar-refractivity contribution in [2.45, 2.75) is 99.0 Å². The van der Waals surface area contributed by atoms with Crippen molar-refractivity contribution in [1.82, 2.24) is 5.32 Å². The molecule has 3 fully saturated rings. The molecule has 0 saturated carbocycles. The van der Waals surface area contributed by atoms with Crippen LogP contribution in [0.3, 0.4) is 0 Å². The van der Waals surface area contributed by atoms with Crippen molar-refractivity contribution in [1.29, 1.82) is 0 Å². The third-order valence-electron chi connectivity index (χ3n) is 6.81. The van der Waals surface area contributed by atoms with E-state index in [1.807, 2.05) is 0 Å². The number of hydrogen-bond acceptors (Lipinski definition) is 16. The monoisotopic (exact) mass is 583 g/mol. The molecule has 3 aliphatic rings. The fourth-order valence-corrected chi connectivity index (χ4v) is 4.71. The Kier molecular flexibility index (Phi) is 12.0. The highest BCUT2D eigenvalue weighted by Crippen LogP contribution is 2.32. The number of rotatable bonds is 10. The maximum Gasteiger partial charge on any atom is 0.217 e. The lowest BCUT2D eigenvalue weighted by Gasteiger charge is -2.49. The highest BCUT2D eigenvalue weighted by atomic mass is 16.7. The summed E-state index contributed by atoms with van der Waals surface area (Å²) in [4.78, 5) is 12.1. The van der Waals surface area contributed by atoms with Crippen LogP contribution in [0, 0.1) is 12.3 Å². The van der Waals surface area contributed by atoms with Crippen molar-refractivity contribution < 1.29 is 79.2 Å². The molecule has 0 aliphatic carbocycles. The number of aliphatic hydroxyl groups is 9. The van der Waals surface area contributed by atoms with Gasteiger partial charge in [-0.05, 0) is 0 Å². The van der Waals surface area contributed by atoms with Crippen LogP contribution in [0.4, 0.5) is 0 Å². The Morgan fingerprint density at radius 1 is 0.725 bits per heavy atom. The first kappa shape index (κ1) is 32.9. The largest absolute Gasteiger partial charge is 0.394 e. The van der Waals surface area contributed by atoms with Crippen LogP contribution in [0.15, 0.2) is 0 Å². The van der Waals surface area contributed by atoms with Gasteiger partial charge in [-0.1, -0.05) is 5.92 Å². The molecule has 0 spiro atoms. The van der Waals surface area contributed by atoms with Gasteiger partial charge in [0.1, 0.15) is 79.8 Å². The van der Waals surface area contributed by atoms with E-state index in [0.29, 0.717) is 0 Å². The molecule has 17 nitrogen and oxygen atoms in total. The Bertz CT molecular complexity index is 857. The Morgan fingerprint density at radius 2 is 1.23 bits per heavy atom.